The second-order valence-corrected chi connectivity index (χ2v) is 4.86. The number of hydrogen-bond donors (Lipinski definition) is 0. The summed E-state index contributed by atoms with van der Waals surface area (Å²) in [5.41, 5.74) is 1.02. The van der Waals surface area contributed by atoms with E-state index in [-0.39, 0.29) is 17.5 Å². The number of imidazole rings is 1. The minimum atomic E-state index is -0.520. The second kappa shape index (κ2) is 6.73. The van der Waals surface area contributed by atoms with Gasteiger partial charge in [0.05, 0.1) is 7.05 Å². The lowest BCUT2D eigenvalue weighted by Gasteiger charge is -2.13. The third-order valence-electron chi connectivity index (χ3n) is 3.12. The highest BCUT2D eigenvalue weighted by atomic mass is 16.6. The van der Waals surface area contributed by atoms with Gasteiger partial charge in [0.2, 0.25) is 0 Å². The van der Waals surface area contributed by atoms with E-state index >= 15 is 0 Å². The van der Waals surface area contributed by atoms with Crippen molar-refractivity contribution in [2.45, 2.75) is 0 Å². The molecule has 8 nitrogen and oxygen atoms in total. The highest BCUT2D eigenvalue weighted by molar-refractivity contribution is 5.93. The van der Waals surface area contributed by atoms with Gasteiger partial charge in [0.15, 0.2) is 0 Å². The Hall–Kier alpha value is -3.16. The first kappa shape index (κ1) is 16.2. The Morgan fingerprint density at radius 1 is 1.43 bits per heavy atom. The van der Waals surface area contributed by atoms with E-state index < -0.39 is 4.92 Å². The Bertz CT molecular complexity index is 747. The van der Waals surface area contributed by atoms with Crippen LogP contribution in [0, 0.1) is 10.1 Å². The Balaban J connectivity index is 2.31. The summed E-state index contributed by atoms with van der Waals surface area (Å²) in [5, 5.41) is 10.9. The maximum atomic E-state index is 10.9. The third kappa shape index (κ3) is 3.54. The van der Waals surface area contributed by atoms with Crippen LogP contribution in [0.1, 0.15) is 5.82 Å². The van der Waals surface area contributed by atoms with Crippen molar-refractivity contribution in [1.29, 1.82) is 0 Å². The Morgan fingerprint density at radius 2 is 2.09 bits per heavy atom. The molecule has 0 N–H and O–H groups in total. The van der Waals surface area contributed by atoms with Crippen molar-refractivity contribution in [3.8, 4) is 5.75 Å². The molecule has 1 aromatic carbocycles. The largest absolute Gasteiger partial charge is 0.434 e. The van der Waals surface area contributed by atoms with Gasteiger partial charge < -0.3 is 19.8 Å². The Labute approximate surface area is 133 Å². The van der Waals surface area contributed by atoms with Crippen LogP contribution in [0.15, 0.2) is 48.2 Å². The molecule has 0 atom stereocenters. The molecule has 1 aromatic heterocycles. The number of nitrogens with zero attached hydrogens (tertiary/aromatic N) is 5. The summed E-state index contributed by atoms with van der Waals surface area (Å²) >= 11 is 0. The van der Waals surface area contributed by atoms with Crippen molar-refractivity contribution in [3.63, 3.8) is 0 Å². The van der Waals surface area contributed by atoms with Crippen LogP contribution in [0.2, 0.25) is 0 Å². The predicted octanol–water partition coefficient (Wildman–Crippen LogP) is 2.36. The summed E-state index contributed by atoms with van der Waals surface area (Å²) in [7, 11) is 5.40. The molecule has 0 aliphatic rings. The molecule has 2 aromatic rings. The Kier molecular flexibility index (Phi) is 4.75. The average Bonchev–Trinajstić information content (AvgIpc) is 2.89. The van der Waals surface area contributed by atoms with E-state index in [1.165, 1.54) is 17.8 Å². The molecule has 1 heterocycles. The maximum Gasteiger partial charge on any atom is 0.343 e. The molecule has 8 heteroatoms. The summed E-state index contributed by atoms with van der Waals surface area (Å²) in [6, 6.07) is 7.35. The fraction of sp³-hybridized carbons (Fsp3) is 0.200. The van der Waals surface area contributed by atoms with E-state index in [0.717, 1.165) is 11.9 Å². The number of aromatic nitrogens is 2. The van der Waals surface area contributed by atoms with Gasteiger partial charge >= 0.3 is 5.82 Å². The molecule has 0 aliphatic carbocycles. The first-order valence-electron chi connectivity index (χ1n) is 6.74. The van der Waals surface area contributed by atoms with Crippen molar-refractivity contribution >= 4 is 17.4 Å². The quantitative estimate of drug-likeness (QED) is 0.366. The maximum absolute atomic E-state index is 10.9. The standard InChI is InChI=1S/C15H17N5O3/c1-5-16-15(14-17-10-13(19(14)4)20(21)22)23-12-8-6-11(7-9-12)18(2)3/h5-10H,1H2,2-4H3. The van der Waals surface area contributed by atoms with Gasteiger partial charge in [-0.15, -0.1) is 0 Å². The number of hydrogen-bond acceptors (Lipinski definition) is 6. The van der Waals surface area contributed by atoms with Crippen molar-refractivity contribution in [3.05, 3.63) is 59.2 Å². The summed E-state index contributed by atoms with van der Waals surface area (Å²) in [5.74, 6) is 0.770. The fourth-order valence-electron chi connectivity index (χ4n) is 1.91. The zero-order valence-corrected chi connectivity index (χ0v) is 13.1. The van der Waals surface area contributed by atoms with E-state index in [0.29, 0.717) is 5.75 Å². The molecule has 0 unspecified atom stereocenters. The molecule has 0 saturated heterocycles. The van der Waals surface area contributed by atoms with Crippen LogP contribution in [0.4, 0.5) is 11.5 Å². The van der Waals surface area contributed by atoms with Crippen LogP contribution < -0.4 is 9.64 Å². The molecule has 120 valence electrons. The van der Waals surface area contributed by atoms with Gasteiger partial charge in [-0.1, -0.05) is 6.58 Å². The Morgan fingerprint density at radius 3 is 2.57 bits per heavy atom. The molecule has 0 saturated carbocycles. The van der Waals surface area contributed by atoms with Crippen molar-refractivity contribution < 1.29 is 9.66 Å². The van der Waals surface area contributed by atoms with Gasteiger partial charge in [0, 0.05) is 26.0 Å². The molecule has 0 radical (unpaired) electrons. The van der Waals surface area contributed by atoms with E-state index in [2.05, 4.69) is 16.6 Å². The topological polar surface area (TPSA) is 85.8 Å². The lowest BCUT2D eigenvalue weighted by atomic mass is 10.3. The molecular formula is C15H17N5O3. The zero-order valence-electron chi connectivity index (χ0n) is 13.1. The molecular weight excluding hydrogens is 298 g/mol. The first-order chi connectivity index (χ1) is 10.9. The summed E-state index contributed by atoms with van der Waals surface area (Å²) in [6.45, 7) is 3.53. The average molecular weight is 315 g/mol. The van der Waals surface area contributed by atoms with Crippen molar-refractivity contribution in [2.75, 3.05) is 19.0 Å². The number of rotatable bonds is 5. The molecule has 0 bridgehead atoms. The minimum absolute atomic E-state index is 0.133. The summed E-state index contributed by atoms with van der Waals surface area (Å²) < 4.78 is 7.01. The number of nitro groups is 1. The zero-order chi connectivity index (χ0) is 17.0. The van der Waals surface area contributed by atoms with E-state index in [9.17, 15) is 10.1 Å². The monoisotopic (exact) mass is 315 g/mol. The SMILES string of the molecule is C=CN=C(Oc1ccc(N(C)C)cc1)c1ncc([N+](=O)[O-])n1C. The molecule has 23 heavy (non-hydrogen) atoms. The van der Waals surface area contributed by atoms with Crippen LogP contribution in [0.3, 0.4) is 0 Å². The van der Waals surface area contributed by atoms with E-state index in [1.807, 2.05) is 31.1 Å². The number of benzene rings is 1. The fourth-order valence-corrected chi connectivity index (χ4v) is 1.91. The number of anilines is 1. The molecule has 0 fully saturated rings. The molecule has 2 rings (SSSR count). The second-order valence-electron chi connectivity index (χ2n) is 4.86. The normalized spacial score (nSPS) is 11.2. The van der Waals surface area contributed by atoms with Gasteiger partial charge in [-0.05, 0) is 29.2 Å². The van der Waals surface area contributed by atoms with Crippen molar-refractivity contribution in [2.24, 2.45) is 12.0 Å². The van der Waals surface area contributed by atoms with Gasteiger partial charge in [0.1, 0.15) is 11.9 Å². The summed E-state index contributed by atoms with van der Waals surface area (Å²) in [6.07, 6.45) is 2.45. The van der Waals surface area contributed by atoms with Gasteiger partial charge in [-0.2, -0.15) is 0 Å². The first-order valence-corrected chi connectivity index (χ1v) is 6.74. The van der Waals surface area contributed by atoms with E-state index in [4.69, 9.17) is 4.74 Å². The number of aliphatic imine (C=N–C) groups is 1. The van der Waals surface area contributed by atoms with Crippen molar-refractivity contribution in [1.82, 2.24) is 9.55 Å². The lowest BCUT2D eigenvalue weighted by molar-refractivity contribution is -0.391. The summed E-state index contributed by atoms with van der Waals surface area (Å²) in [4.78, 5) is 20.4. The van der Waals surface area contributed by atoms with Crippen LogP contribution in [-0.4, -0.2) is 34.5 Å². The molecule has 0 spiro atoms. The lowest BCUT2D eigenvalue weighted by Crippen LogP contribution is -2.16. The van der Waals surface area contributed by atoms with Gasteiger partial charge in [-0.25, -0.2) is 14.5 Å². The smallest absolute Gasteiger partial charge is 0.343 e. The highest BCUT2D eigenvalue weighted by Crippen LogP contribution is 2.20. The third-order valence-corrected chi connectivity index (χ3v) is 3.12. The van der Waals surface area contributed by atoms with Gasteiger partial charge in [-0.3, -0.25) is 0 Å². The van der Waals surface area contributed by atoms with Crippen LogP contribution in [0.25, 0.3) is 0 Å². The van der Waals surface area contributed by atoms with Gasteiger partial charge in [0.25, 0.3) is 11.7 Å². The highest BCUT2D eigenvalue weighted by Gasteiger charge is 2.22. The minimum Gasteiger partial charge on any atom is -0.434 e. The number of ether oxygens (including phenoxy) is 1. The van der Waals surface area contributed by atoms with Crippen LogP contribution >= 0.6 is 0 Å². The van der Waals surface area contributed by atoms with E-state index in [1.54, 1.807) is 12.1 Å². The van der Waals surface area contributed by atoms with Crippen LogP contribution in [0.5, 0.6) is 5.75 Å². The molecule has 0 aliphatic heterocycles. The van der Waals surface area contributed by atoms with Crippen LogP contribution in [-0.2, 0) is 7.05 Å². The molecule has 0 amide bonds. The predicted molar refractivity (Wildman–Crippen MR) is 88.0 cm³/mol.